The highest BCUT2D eigenvalue weighted by molar-refractivity contribution is 5.02. The predicted octanol–water partition coefficient (Wildman–Crippen LogP) is 1.75. The molecule has 104 valence electrons. The van der Waals surface area contributed by atoms with Gasteiger partial charge in [-0.1, -0.05) is 6.92 Å². The molecule has 0 radical (unpaired) electrons. The highest BCUT2D eigenvalue weighted by Gasteiger charge is 2.02. The fourth-order valence-electron chi connectivity index (χ4n) is 1.95. The van der Waals surface area contributed by atoms with E-state index in [4.69, 9.17) is 0 Å². The number of nitrogens with zero attached hydrogens (tertiary/aromatic N) is 4. The molecule has 0 unspecified atom stereocenters. The Morgan fingerprint density at radius 3 is 2.95 bits per heavy atom. The molecular formula is C13H20FN5. The molecule has 6 heteroatoms. The van der Waals surface area contributed by atoms with E-state index in [0.717, 1.165) is 25.2 Å². The summed E-state index contributed by atoms with van der Waals surface area (Å²) in [6.45, 7) is 4.45. The van der Waals surface area contributed by atoms with Crippen LogP contribution in [0, 0.1) is 0 Å². The summed E-state index contributed by atoms with van der Waals surface area (Å²) in [4.78, 5) is 0. The molecule has 2 rings (SSSR count). The summed E-state index contributed by atoms with van der Waals surface area (Å²) in [5.41, 5.74) is 2.10. The molecule has 0 fully saturated rings. The van der Waals surface area contributed by atoms with E-state index in [2.05, 4.69) is 22.4 Å². The summed E-state index contributed by atoms with van der Waals surface area (Å²) >= 11 is 0. The van der Waals surface area contributed by atoms with E-state index in [-0.39, 0.29) is 6.67 Å². The van der Waals surface area contributed by atoms with E-state index in [9.17, 15) is 4.39 Å². The van der Waals surface area contributed by atoms with Gasteiger partial charge in [0, 0.05) is 32.0 Å². The van der Waals surface area contributed by atoms with Crippen molar-refractivity contribution in [3.05, 3.63) is 35.9 Å². The van der Waals surface area contributed by atoms with Gasteiger partial charge in [0.1, 0.15) is 6.67 Å². The van der Waals surface area contributed by atoms with Crippen molar-refractivity contribution in [3.8, 4) is 0 Å². The number of hydrogen-bond acceptors (Lipinski definition) is 3. The van der Waals surface area contributed by atoms with Crippen LogP contribution < -0.4 is 5.32 Å². The van der Waals surface area contributed by atoms with Gasteiger partial charge in [0.05, 0.1) is 17.9 Å². The molecule has 2 aromatic rings. The molecular weight excluding hydrogens is 245 g/mol. The zero-order valence-corrected chi connectivity index (χ0v) is 11.2. The van der Waals surface area contributed by atoms with E-state index in [1.54, 1.807) is 10.9 Å². The van der Waals surface area contributed by atoms with Crippen LogP contribution in [-0.4, -0.2) is 26.2 Å². The van der Waals surface area contributed by atoms with Crippen LogP contribution in [0.15, 0.2) is 24.5 Å². The van der Waals surface area contributed by atoms with Crippen molar-refractivity contribution in [1.82, 2.24) is 24.9 Å². The molecule has 0 atom stereocenters. The third kappa shape index (κ3) is 3.89. The van der Waals surface area contributed by atoms with Gasteiger partial charge in [-0.25, -0.2) is 4.39 Å². The molecule has 0 saturated heterocycles. The summed E-state index contributed by atoms with van der Waals surface area (Å²) < 4.78 is 15.8. The molecule has 0 spiro atoms. The third-order valence-corrected chi connectivity index (χ3v) is 2.86. The fraction of sp³-hybridized carbons (Fsp3) is 0.538. The van der Waals surface area contributed by atoms with Crippen LogP contribution in [-0.2, 0) is 26.2 Å². The van der Waals surface area contributed by atoms with Gasteiger partial charge >= 0.3 is 0 Å². The second-order valence-corrected chi connectivity index (χ2v) is 4.41. The Kier molecular flexibility index (Phi) is 5.09. The van der Waals surface area contributed by atoms with Crippen molar-refractivity contribution in [2.45, 2.75) is 39.5 Å². The zero-order valence-electron chi connectivity index (χ0n) is 11.2. The number of alkyl halides is 1. The third-order valence-electron chi connectivity index (χ3n) is 2.86. The van der Waals surface area contributed by atoms with Crippen LogP contribution >= 0.6 is 0 Å². The lowest BCUT2D eigenvalue weighted by Crippen LogP contribution is -2.17. The predicted molar refractivity (Wildman–Crippen MR) is 71.3 cm³/mol. The zero-order chi connectivity index (χ0) is 13.5. The van der Waals surface area contributed by atoms with Crippen LogP contribution in [0.5, 0.6) is 0 Å². The van der Waals surface area contributed by atoms with Crippen molar-refractivity contribution >= 4 is 0 Å². The van der Waals surface area contributed by atoms with E-state index in [0.29, 0.717) is 13.1 Å². The second kappa shape index (κ2) is 7.04. The number of aryl methyl sites for hydroxylation is 2. The van der Waals surface area contributed by atoms with Gasteiger partial charge in [0.15, 0.2) is 0 Å². The van der Waals surface area contributed by atoms with Crippen LogP contribution in [0.1, 0.15) is 24.7 Å². The van der Waals surface area contributed by atoms with Gasteiger partial charge in [0.25, 0.3) is 0 Å². The molecule has 0 aliphatic rings. The van der Waals surface area contributed by atoms with Gasteiger partial charge in [-0.3, -0.25) is 9.36 Å². The largest absolute Gasteiger partial charge is 0.305 e. The highest BCUT2D eigenvalue weighted by Crippen LogP contribution is 2.01. The molecule has 0 aliphatic carbocycles. The minimum absolute atomic E-state index is 0.323. The first-order chi connectivity index (χ1) is 9.33. The molecule has 5 nitrogen and oxygen atoms in total. The first-order valence-electron chi connectivity index (χ1n) is 6.63. The quantitative estimate of drug-likeness (QED) is 0.791. The average molecular weight is 265 g/mol. The van der Waals surface area contributed by atoms with E-state index < -0.39 is 0 Å². The van der Waals surface area contributed by atoms with Crippen LogP contribution in [0.2, 0.25) is 0 Å². The molecule has 0 bridgehead atoms. The normalized spacial score (nSPS) is 11.1. The van der Waals surface area contributed by atoms with Crippen molar-refractivity contribution in [2.75, 3.05) is 6.67 Å². The monoisotopic (exact) mass is 265 g/mol. The van der Waals surface area contributed by atoms with Gasteiger partial charge in [-0.05, 0) is 18.6 Å². The van der Waals surface area contributed by atoms with E-state index >= 15 is 0 Å². The molecule has 2 aromatic heterocycles. The second-order valence-electron chi connectivity index (χ2n) is 4.41. The minimum atomic E-state index is -0.384. The molecule has 19 heavy (non-hydrogen) atoms. The van der Waals surface area contributed by atoms with Crippen molar-refractivity contribution in [1.29, 1.82) is 0 Å². The van der Waals surface area contributed by atoms with E-state index in [1.807, 2.05) is 23.0 Å². The number of aromatic nitrogens is 4. The van der Waals surface area contributed by atoms with Gasteiger partial charge in [-0.15, -0.1) is 0 Å². The number of hydrogen-bond donors (Lipinski definition) is 1. The summed E-state index contributed by atoms with van der Waals surface area (Å²) in [5.74, 6) is 0. The van der Waals surface area contributed by atoms with Gasteiger partial charge in [-0.2, -0.15) is 10.2 Å². The molecule has 0 aromatic carbocycles. The van der Waals surface area contributed by atoms with Gasteiger partial charge in [0.2, 0.25) is 0 Å². The summed E-state index contributed by atoms with van der Waals surface area (Å²) in [7, 11) is 0. The summed E-state index contributed by atoms with van der Waals surface area (Å²) in [6.07, 6.45) is 4.70. The Morgan fingerprint density at radius 2 is 2.16 bits per heavy atom. The molecule has 0 amide bonds. The molecule has 0 saturated carbocycles. The Hall–Kier alpha value is -1.69. The Morgan fingerprint density at radius 1 is 1.26 bits per heavy atom. The van der Waals surface area contributed by atoms with Crippen molar-refractivity contribution in [2.24, 2.45) is 0 Å². The van der Waals surface area contributed by atoms with E-state index in [1.165, 1.54) is 5.69 Å². The fourth-order valence-corrected chi connectivity index (χ4v) is 1.95. The first kappa shape index (κ1) is 13.7. The number of nitrogens with one attached hydrogen (secondary N) is 1. The first-order valence-corrected chi connectivity index (χ1v) is 6.63. The number of halogens is 1. The molecule has 0 aliphatic heterocycles. The molecule has 1 N–H and O–H groups in total. The summed E-state index contributed by atoms with van der Waals surface area (Å²) in [5, 5.41) is 11.9. The maximum absolute atomic E-state index is 12.2. The Labute approximate surface area is 112 Å². The smallest absolute Gasteiger partial charge is 0.109 e. The SMILES string of the molecule is CCCn1nccc1CNCc1ccn(CCF)n1. The topological polar surface area (TPSA) is 47.7 Å². The van der Waals surface area contributed by atoms with Gasteiger partial charge < -0.3 is 5.32 Å². The highest BCUT2D eigenvalue weighted by atomic mass is 19.1. The molecule has 2 heterocycles. The Balaban J connectivity index is 1.80. The maximum atomic E-state index is 12.2. The van der Waals surface area contributed by atoms with Crippen molar-refractivity contribution in [3.63, 3.8) is 0 Å². The Bertz CT molecular complexity index is 491. The minimum Gasteiger partial charge on any atom is -0.305 e. The standard InChI is InChI=1S/C13H20FN5/c1-2-7-19-13(3-6-16-19)11-15-10-12-4-8-18(17-12)9-5-14/h3-4,6,8,15H,2,5,7,9-11H2,1H3. The lowest BCUT2D eigenvalue weighted by Gasteiger charge is -2.06. The summed E-state index contributed by atoms with van der Waals surface area (Å²) in [6, 6.07) is 3.93. The van der Waals surface area contributed by atoms with Crippen LogP contribution in [0.25, 0.3) is 0 Å². The lowest BCUT2D eigenvalue weighted by molar-refractivity contribution is 0.425. The van der Waals surface area contributed by atoms with Crippen molar-refractivity contribution < 1.29 is 4.39 Å². The lowest BCUT2D eigenvalue weighted by atomic mass is 10.3. The van der Waals surface area contributed by atoms with Crippen LogP contribution in [0.3, 0.4) is 0 Å². The maximum Gasteiger partial charge on any atom is 0.109 e. The van der Waals surface area contributed by atoms with Crippen LogP contribution in [0.4, 0.5) is 4.39 Å². The average Bonchev–Trinajstić information content (AvgIpc) is 3.01. The number of rotatable bonds is 8.